The van der Waals surface area contributed by atoms with Crippen LogP contribution >= 0.6 is 0 Å². The van der Waals surface area contributed by atoms with E-state index in [4.69, 9.17) is 0 Å². The molecular weight excluding hydrogens is 246 g/mol. The van der Waals surface area contributed by atoms with Gasteiger partial charge in [0.05, 0.1) is 12.0 Å². The van der Waals surface area contributed by atoms with Crippen molar-refractivity contribution >= 4 is 11.9 Å². The van der Waals surface area contributed by atoms with Gasteiger partial charge in [0.15, 0.2) is 0 Å². The monoisotopic (exact) mass is 267 g/mol. The van der Waals surface area contributed by atoms with Crippen molar-refractivity contribution in [1.29, 1.82) is 0 Å². The smallest absolute Gasteiger partial charge is 0.310 e. The molecule has 0 spiro atoms. The molecule has 106 valence electrons. The van der Waals surface area contributed by atoms with Crippen LogP contribution in [0.15, 0.2) is 12.4 Å². The number of nitrogens with one attached hydrogen (secondary N) is 1. The lowest BCUT2D eigenvalue weighted by Crippen LogP contribution is -2.37. The minimum atomic E-state index is -0.967. The largest absolute Gasteiger partial charge is 0.481 e. The summed E-state index contributed by atoms with van der Waals surface area (Å²) in [4.78, 5) is 27.3. The second kappa shape index (κ2) is 6.36. The SMILES string of the molecule is CCC(CC)(CC(=O)NCc1nccn1C)C(=O)O. The van der Waals surface area contributed by atoms with Crippen molar-refractivity contribution in [2.45, 2.75) is 39.7 Å². The van der Waals surface area contributed by atoms with Gasteiger partial charge in [0.25, 0.3) is 0 Å². The van der Waals surface area contributed by atoms with Gasteiger partial charge in [0, 0.05) is 25.9 Å². The maximum Gasteiger partial charge on any atom is 0.310 e. The van der Waals surface area contributed by atoms with E-state index < -0.39 is 11.4 Å². The molecule has 1 aromatic heterocycles. The van der Waals surface area contributed by atoms with E-state index in [-0.39, 0.29) is 12.3 Å². The Kier molecular flexibility index (Phi) is 5.09. The molecule has 6 nitrogen and oxygen atoms in total. The van der Waals surface area contributed by atoms with Crippen LogP contribution in [0.4, 0.5) is 0 Å². The lowest BCUT2D eigenvalue weighted by Gasteiger charge is -2.25. The molecule has 1 amide bonds. The number of hydrogen-bond donors (Lipinski definition) is 2. The summed E-state index contributed by atoms with van der Waals surface area (Å²) in [6.07, 6.45) is 4.32. The Hall–Kier alpha value is -1.85. The summed E-state index contributed by atoms with van der Waals surface area (Å²) in [6, 6.07) is 0. The van der Waals surface area contributed by atoms with E-state index in [2.05, 4.69) is 10.3 Å². The molecule has 0 aliphatic rings. The average Bonchev–Trinajstić information content (AvgIpc) is 2.79. The number of carboxylic acid groups (broad SMARTS) is 1. The summed E-state index contributed by atoms with van der Waals surface area (Å²) in [6.45, 7) is 3.90. The molecule has 0 saturated heterocycles. The molecule has 19 heavy (non-hydrogen) atoms. The van der Waals surface area contributed by atoms with Crippen LogP contribution in [0.2, 0.25) is 0 Å². The van der Waals surface area contributed by atoms with E-state index >= 15 is 0 Å². The zero-order chi connectivity index (χ0) is 14.5. The molecule has 1 rings (SSSR count). The van der Waals surface area contributed by atoms with Crippen molar-refractivity contribution < 1.29 is 14.7 Å². The average molecular weight is 267 g/mol. The highest BCUT2D eigenvalue weighted by molar-refractivity contribution is 5.84. The molecule has 1 heterocycles. The molecule has 0 aliphatic heterocycles. The maximum absolute atomic E-state index is 11.9. The fourth-order valence-electron chi connectivity index (χ4n) is 1.99. The van der Waals surface area contributed by atoms with E-state index in [1.54, 1.807) is 26.2 Å². The van der Waals surface area contributed by atoms with E-state index in [0.29, 0.717) is 19.4 Å². The molecule has 0 aromatic carbocycles. The summed E-state index contributed by atoms with van der Waals surface area (Å²) in [5.74, 6) is -0.430. The van der Waals surface area contributed by atoms with E-state index in [1.165, 1.54) is 0 Å². The van der Waals surface area contributed by atoms with Crippen LogP contribution in [0.5, 0.6) is 0 Å². The third kappa shape index (κ3) is 3.56. The first-order chi connectivity index (χ1) is 8.95. The number of carbonyl (C=O) groups is 2. The van der Waals surface area contributed by atoms with Crippen LogP contribution in [0.3, 0.4) is 0 Å². The van der Waals surface area contributed by atoms with Crippen LogP contribution in [-0.4, -0.2) is 26.5 Å². The number of nitrogens with zero attached hydrogens (tertiary/aromatic N) is 2. The van der Waals surface area contributed by atoms with Gasteiger partial charge in [-0.1, -0.05) is 13.8 Å². The van der Waals surface area contributed by atoms with Crippen molar-refractivity contribution in [2.24, 2.45) is 12.5 Å². The number of aliphatic carboxylic acids is 1. The van der Waals surface area contributed by atoms with Gasteiger partial charge < -0.3 is 15.0 Å². The van der Waals surface area contributed by atoms with E-state index in [0.717, 1.165) is 5.82 Å². The highest BCUT2D eigenvalue weighted by Crippen LogP contribution is 2.30. The molecule has 2 N–H and O–H groups in total. The number of aromatic nitrogens is 2. The van der Waals surface area contributed by atoms with Crippen LogP contribution in [0, 0.1) is 5.41 Å². The lowest BCUT2D eigenvalue weighted by molar-refractivity contribution is -0.152. The predicted molar refractivity (Wildman–Crippen MR) is 70.3 cm³/mol. The maximum atomic E-state index is 11.9. The van der Waals surface area contributed by atoms with Crippen molar-refractivity contribution in [3.8, 4) is 0 Å². The first-order valence-electron chi connectivity index (χ1n) is 6.41. The van der Waals surface area contributed by atoms with Crippen LogP contribution in [0.25, 0.3) is 0 Å². The zero-order valence-corrected chi connectivity index (χ0v) is 11.6. The van der Waals surface area contributed by atoms with Crippen molar-refractivity contribution in [3.05, 3.63) is 18.2 Å². The van der Waals surface area contributed by atoms with Gasteiger partial charge in [-0.15, -0.1) is 0 Å². The fourth-order valence-corrected chi connectivity index (χ4v) is 1.99. The number of aryl methyl sites for hydroxylation is 1. The van der Waals surface area contributed by atoms with E-state index in [9.17, 15) is 14.7 Å². The number of rotatable bonds is 7. The van der Waals surface area contributed by atoms with Crippen LogP contribution < -0.4 is 5.32 Å². The minimum absolute atomic E-state index is 0.000242. The van der Waals surface area contributed by atoms with Gasteiger partial charge in [0.1, 0.15) is 5.82 Å². The molecular formula is C13H21N3O3. The van der Waals surface area contributed by atoms with E-state index in [1.807, 2.05) is 11.6 Å². The Morgan fingerprint density at radius 3 is 2.47 bits per heavy atom. The Morgan fingerprint density at radius 2 is 2.05 bits per heavy atom. The van der Waals surface area contributed by atoms with Gasteiger partial charge in [-0.3, -0.25) is 9.59 Å². The number of imidazole rings is 1. The number of hydrogen-bond acceptors (Lipinski definition) is 3. The predicted octanol–water partition coefficient (Wildman–Crippen LogP) is 1.32. The van der Waals surface area contributed by atoms with Gasteiger partial charge in [-0.05, 0) is 12.8 Å². The van der Waals surface area contributed by atoms with Crippen LogP contribution in [0.1, 0.15) is 38.9 Å². The number of carboxylic acids is 1. The molecule has 0 unspecified atom stereocenters. The summed E-state index contributed by atoms with van der Waals surface area (Å²) in [7, 11) is 1.84. The lowest BCUT2D eigenvalue weighted by atomic mass is 9.79. The Bertz CT molecular complexity index is 450. The second-order valence-electron chi connectivity index (χ2n) is 4.70. The first kappa shape index (κ1) is 15.2. The van der Waals surface area contributed by atoms with Crippen LogP contribution in [-0.2, 0) is 23.2 Å². The van der Waals surface area contributed by atoms with Gasteiger partial charge in [0.2, 0.25) is 5.91 Å². The van der Waals surface area contributed by atoms with Gasteiger partial charge in [-0.2, -0.15) is 0 Å². The quantitative estimate of drug-likeness (QED) is 0.780. The highest BCUT2D eigenvalue weighted by atomic mass is 16.4. The summed E-state index contributed by atoms with van der Waals surface area (Å²) in [5.41, 5.74) is -0.967. The Labute approximate surface area is 112 Å². The first-order valence-corrected chi connectivity index (χ1v) is 6.41. The van der Waals surface area contributed by atoms with Gasteiger partial charge >= 0.3 is 5.97 Å². The topological polar surface area (TPSA) is 84.2 Å². The standard InChI is InChI=1S/C13H21N3O3/c1-4-13(5-2,12(18)19)8-11(17)15-9-10-14-6-7-16(10)3/h6-7H,4-5,8-9H2,1-3H3,(H,15,17)(H,18,19). The third-order valence-corrected chi connectivity index (χ3v) is 3.67. The minimum Gasteiger partial charge on any atom is -0.481 e. The molecule has 0 radical (unpaired) electrons. The van der Waals surface area contributed by atoms with Crippen molar-refractivity contribution in [1.82, 2.24) is 14.9 Å². The molecule has 0 saturated carbocycles. The Morgan fingerprint density at radius 1 is 1.42 bits per heavy atom. The number of amides is 1. The van der Waals surface area contributed by atoms with Crippen molar-refractivity contribution in [3.63, 3.8) is 0 Å². The zero-order valence-electron chi connectivity index (χ0n) is 11.6. The molecule has 0 atom stereocenters. The molecule has 6 heteroatoms. The molecule has 1 aromatic rings. The molecule has 0 fully saturated rings. The third-order valence-electron chi connectivity index (χ3n) is 3.67. The highest BCUT2D eigenvalue weighted by Gasteiger charge is 2.37. The summed E-state index contributed by atoms with van der Waals surface area (Å²) < 4.78 is 1.81. The molecule has 0 bridgehead atoms. The summed E-state index contributed by atoms with van der Waals surface area (Å²) in [5, 5.41) is 12.0. The fraction of sp³-hybridized carbons (Fsp3) is 0.615. The number of carbonyl (C=O) groups excluding carboxylic acids is 1. The van der Waals surface area contributed by atoms with Crippen molar-refractivity contribution in [2.75, 3.05) is 0 Å². The van der Waals surface area contributed by atoms with Gasteiger partial charge in [-0.25, -0.2) is 4.98 Å². The normalized spacial score (nSPS) is 11.3. The summed E-state index contributed by atoms with van der Waals surface area (Å²) >= 11 is 0. The second-order valence-corrected chi connectivity index (χ2v) is 4.70. The Balaban J connectivity index is 2.59. The molecule has 0 aliphatic carbocycles.